The smallest absolute Gasteiger partial charge is 0.290 e. The summed E-state index contributed by atoms with van der Waals surface area (Å²) < 4.78 is 5.43. The minimum absolute atomic E-state index is 0.0221. The Morgan fingerprint density at radius 2 is 1.66 bits per heavy atom. The van der Waals surface area contributed by atoms with Crippen LogP contribution in [0, 0.1) is 10.1 Å². The lowest BCUT2D eigenvalue weighted by Crippen LogP contribution is -2.20. The van der Waals surface area contributed by atoms with Crippen molar-refractivity contribution in [3.63, 3.8) is 0 Å². The highest BCUT2D eigenvalue weighted by Crippen LogP contribution is 2.35. The summed E-state index contributed by atoms with van der Waals surface area (Å²) in [5.74, 6) is -0.171. The van der Waals surface area contributed by atoms with E-state index >= 15 is 0 Å². The lowest BCUT2D eigenvalue weighted by molar-refractivity contribution is -0.384. The topological polar surface area (TPSA) is 107 Å². The van der Waals surface area contributed by atoms with E-state index in [1.807, 2.05) is 54.6 Å². The van der Waals surface area contributed by atoms with Gasteiger partial charge in [-0.3, -0.25) is 14.9 Å². The fourth-order valence-electron chi connectivity index (χ4n) is 3.35. The van der Waals surface area contributed by atoms with Crippen LogP contribution in [-0.4, -0.2) is 29.1 Å². The molecule has 0 aliphatic carbocycles. The fourth-order valence-corrected chi connectivity index (χ4v) is 3.35. The van der Waals surface area contributed by atoms with Gasteiger partial charge in [0.15, 0.2) is 0 Å². The van der Waals surface area contributed by atoms with Crippen LogP contribution in [0.3, 0.4) is 0 Å². The molecule has 4 aromatic rings. The first kappa shape index (κ1) is 20.7. The Kier molecular flexibility index (Phi) is 5.85. The molecule has 0 spiro atoms. The van der Waals surface area contributed by atoms with Gasteiger partial charge in [-0.2, -0.15) is 5.10 Å². The molecule has 1 amide bonds. The largest absolute Gasteiger partial charge is 0.481 e. The Morgan fingerprint density at radius 3 is 2.31 bits per heavy atom. The molecule has 1 aromatic heterocycles. The molecule has 4 rings (SSSR count). The van der Waals surface area contributed by atoms with Gasteiger partial charge >= 0.3 is 0 Å². The van der Waals surface area contributed by atoms with E-state index in [-0.39, 0.29) is 11.4 Å². The van der Waals surface area contributed by atoms with E-state index in [4.69, 9.17) is 4.74 Å². The highest BCUT2D eigenvalue weighted by molar-refractivity contribution is 6.09. The number of amides is 1. The minimum atomic E-state index is -0.508. The molecule has 158 valence electrons. The maximum Gasteiger partial charge on any atom is 0.290 e. The molecule has 0 aliphatic heterocycles. The Hall–Kier alpha value is -4.59. The highest BCUT2D eigenvalue weighted by Gasteiger charge is 2.20. The molecule has 0 atom stereocenters. The van der Waals surface area contributed by atoms with Crippen molar-refractivity contribution in [2.24, 2.45) is 5.10 Å². The van der Waals surface area contributed by atoms with Crippen LogP contribution in [0.1, 0.15) is 16.1 Å². The summed E-state index contributed by atoms with van der Waals surface area (Å²) in [6.45, 7) is 0. The van der Waals surface area contributed by atoms with Crippen molar-refractivity contribution in [3.8, 4) is 17.0 Å². The van der Waals surface area contributed by atoms with Gasteiger partial charge in [0.1, 0.15) is 5.69 Å². The average molecular weight is 426 g/mol. The third-order valence-corrected chi connectivity index (χ3v) is 4.83. The minimum Gasteiger partial charge on any atom is -0.481 e. The fraction of sp³-hybridized carbons (Fsp3) is 0.0417. The predicted octanol–water partition coefficient (Wildman–Crippen LogP) is 4.58. The Balaban J connectivity index is 1.71. The molecule has 8 heteroatoms. The number of rotatable bonds is 6. The van der Waals surface area contributed by atoms with Crippen LogP contribution in [0.25, 0.3) is 21.9 Å². The van der Waals surface area contributed by atoms with Crippen molar-refractivity contribution >= 4 is 28.6 Å². The summed E-state index contributed by atoms with van der Waals surface area (Å²) in [6, 6.07) is 22.9. The van der Waals surface area contributed by atoms with Gasteiger partial charge in [-0.1, -0.05) is 48.5 Å². The van der Waals surface area contributed by atoms with Gasteiger partial charge in [0.05, 0.1) is 18.2 Å². The number of non-ortho nitro benzene ring substituents is 1. The van der Waals surface area contributed by atoms with Crippen molar-refractivity contribution in [1.82, 2.24) is 10.4 Å². The number of hydrogen-bond acceptors (Lipinski definition) is 6. The number of benzene rings is 3. The van der Waals surface area contributed by atoms with Gasteiger partial charge in [-0.15, -0.1) is 0 Å². The van der Waals surface area contributed by atoms with E-state index in [0.29, 0.717) is 17.0 Å². The molecule has 8 nitrogen and oxygen atoms in total. The first-order chi connectivity index (χ1) is 15.6. The van der Waals surface area contributed by atoms with Gasteiger partial charge in [-0.05, 0) is 34.7 Å². The summed E-state index contributed by atoms with van der Waals surface area (Å²) in [5, 5.41) is 16.4. The predicted molar refractivity (Wildman–Crippen MR) is 122 cm³/mol. The lowest BCUT2D eigenvalue weighted by Gasteiger charge is -2.14. The molecule has 1 heterocycles. The van der Waals surface area contributed by atoms with Gasteiger partial charge in [0, 0.05) is 23.1 Å². The second-order valence-corrected chi connectivity index (χ2v) is 6.80. The molecule has 3 aromatic carbocycles. The molecule has 1 N–H and O–H groups in total. The standard InChI is InChI=1S/C24H18N4O4/c1-32-24-20-10-6-5-9-19(20)21(17-7-3-2-4-8-17)22(26-24)23(29)27-25-15-16-11-13-18(14-12-16)28(30)31/h2-15H,1H3,(H,27,29)/b25-15+. The molecular weight excluding hydrogens is 408 g/mol. The summed E-state index contributed by atoms with van der Waals surface area (Å²) in [7, 11) is 1.51. The molecule has 0 aliphatic rings. The van der Waals surface area contributed by atoms with E-state index in [1.54, 1.807) is 12.1 Å². The number of pyridine rings is 1. The number of fused-ring (bicyclic) bond motifs is 1. The molecule has 0 fully saturated rings. The normalized spacial score (nSPS) is 10.9. The Bertz CT molecular complexity index is 1320. The molecule has 0 saturated heterocycles. The highest BCUT2D eigenvalue weighted by atomic mass is 16.6. The number of carbonyl (C=O) groups excluding carboxylic acids is 1. The van der Waals surface area contributed by atoms with Crippen LogP contribution in [0.4, 0.5) is 5.69 Å². The SMILES string of the molecule is COc1nc(C(=O)N/N=C/c2ccc([N+](=O)[O-])cc2)c(-c2ccccc2)c2ccccc12. The summed E-state index contributed by atoms with van der Waals surface area (Å²) in [5.41, 5.74) is 4.75. The van der Waals surface area contributed by atoms with Gasteiger partial charge < -0.3 is 4.74 Å². The zero-order valence-corrected chi connectivity index (χ0v) is 17.1. The first-order valence-corrected chi connectivity index (χ1v) is 9.68. The third-order valence-electron chi connectivity index (χ3n) is 4.83. The van der Waals surface area contributed by atoms with Crippen LogP contribution < -0.4 is 10.2 Å². The van der Waals surface area contributed by atoms with Crippen LogP contribution in [-0.2, 0) is 0 Å². The number of hydrazone groups is 1. The molecule has 0 bridgehead atoms. The van der Waals surface area contributed by atoms with Gasteiger partial charge in [0.2, 0.25) is 5.88 Å². The van der Waals surface area contributed by atoms with Crippen molar-refractivity contribution in [2.75, 3.05) is 7.11 Å². The van der Waals surface area contributed by atoms with Crippen LogP contribution in [0.15, 0.2) is 84.0 Å². The van der Waals surface area contributed by atoms with Crippen LogP contribution in [0.2, 0.25) is 0 Å². The second kappa shape index (κ2) is 9.05. The van der Waals surface area contributed by atoms with Crippen molar-refractivity contribution in [1.29, 1.82) is 0 Å². The quantitative estimate of drug-likeness (QED) is 0.276. The summed E-state index contributed by atoms with van der Waals surface area (Å²) in [6.07, 6.45) is 1.40. The molecule has 32 heavy (non-hydrogen) atoms. The monoisotopic (exact) mass is 426 g/mol. The molecular formula is C24H18N4O4. The maximum absolute atomic E-state index is 13.1. The number of nitro benzene ring substituents is 1. The molecule has 0 radical (unpaired) electrons. The number of nitro groups is 1. The summed E-state index contributed by atoms with van der Waals surface area (Å²) in [4.78, 5) is 27.8. The number of aromatic nitrogens is 1. The van der Waals surface area contributed by atoms with Crippen molar-refractivity contribution in [2.45, 2.75) is 0 Å². The lowest BCUT2D eigenvalue weighted by atomic mass is 9.97. The maximum atomic E-state index is 13.1. The van der Waals surface area contributed by atoms with Gasteiger partial charge in [-0.25, -0.2) is 10.4 Å². The van der Waals surface area contributed by atoms with Gasteiger partial charge in [0.25, 0.3) is 11.6 Å². The van der Waals surface area contributed by atoms with Crippen molar-refractivity contribution in [3.05, 3.63) is 100 Å². The number of carbonyl (C=O) groups is 1. The Morgan fingerprint density at radius 1 is 1.00 bits per heavy atom. The van der Waals surface area contributed by atoms with Crippen molar-refractivity contribution < 1.29 is 14.5 Å². The zero-order chi connectivity index (χ0) is 22.5. The van der Waals surface area contributed by atoms with E-state index in [1.165, 1.54) is 25.5 Å². The number of nitrogens with one attached hydrogen (secondary N) is 1. The first-order valence-electron chi connectivity index (χ1n) is 9.68. The van der Waals surface area contributed by atoms with E-state index in [2.05, 4.69) is 15.5 Å². The number of hydrogen-bond donors (Lipinski definition) is 1. The second-order valence-electron chi connectivity index (χ2n) is 6.80. The number of ether oxygens (including phenoxy) is 1. The number of nitrogens with zero attached hydrogens (tertiary/aromatic N) is 3. The van der Waals surface area contributed by atoms with E-state index < -0.39 is 10.8 Å². The van der Waals surface area contributed by atoms with Crippen LogP contribution in [0.5, 0.6) is 5.88 Å². The Labute approximate surface area is 183 Å². The average Bonchev–Trinajstić information content (AvgIpc) is 2.83. The summed E-state index contributed by atoms with van der Waals surface area (Å²) >= 11 is 0. The molecule has 0 saturated carbocycles. The van der Waals surface area contributed by atoms with Crippen LogP contribution >= 0.6 is 0 Å². The van der Waals surface area contributed by atoms with E-state index in [0.717, 1.165) is 16.3 Å². The number of methoxy groups -OCH3 is 1. The third kappa shape index (κ3) is 4.15. The zero-order valence-electron chi connectivity index (χ0n) is 17.1. The van der Waals surface area contributed by atoms with E-state index in [9.17, 15) is 14.9 Å². The molecule has 0 unspecified atom stereocenters.